The van der Waals surface area contributed by atoms with Gasteiger partial charge in [0.2, 0.25) is 0 Å². The zero-order valence-corrected chi connectivity index (χ0v) is 9.61. The van der Waals surface area contributed by atoms with Crippen molar-refractivity contribution in [2.75, 3.05) is 12.3 Å². The predicted octanol–water partition coefficient (Wildman–Crippen LogP) is 1.86. The number of carboxylic acids is 1. The third kappa shape index (κ3) is 2.94. The fourth-order valence-corrected chi connectivity index (χ4v) is 1.86. The Balaban J connectivity index is 2.10. The van der Waals surface area contributed by atoms with Crippen LogP contribution in [0.25, 0.3) is 11.3 Å². The molecule has 2 rings (SSSR count). The first-order valence-electron chi connectivity index (χ1n) is 4.81. The van der Waals surface area contributed by atoms with E-state index in [1.807, 2.05) is 17.5 Å². The van der Waals surface area contributed by atoms with Crippen LogP contribution in [0.1, 0.15) is 0 Å². The molecule has 0 unspecified atom stereocenters. The Kier molecular flexibility index (Phi) is 3.24. The average Bonchev–Trinajstić information content (AvgIpc) is 2.74. The molecule has 1 aromatic heterocycles. The Labute approximate surface area is 101 Å². The summed E-state index contributed by atoms with van der Waals surface area (Å²) in [6.45, 7) is -0.344. The van der Waals surface area contributed by atoms with Crippen LogP contribution in [-0.2, 0) is 4.79 Å². The van der Waals surface area contributed by atoms with Gasteiger partial charge in [-0.2, -0.15) is 0 Å². The van der Waals surface area contributed by atoms with Crippen LogP contribution < -0.4 is 10.5 Å². The molecule has 0 amide bonds. The number of thiazole rings is 1. The molecule has 0 saturated carbocycles. The van der Waals surface area contributed by atoms with Crippen LogP contribution in [0.15, 0.2) is 29.6 Å². The van der Waals surface area contributed by atoms with Gasteiger partial charge in [0.15, 0.2) is 11.7 Å². The highest BCUT2D eigenvalue weighted by molar-refractivity contribution is 7.13. The van der Waals surface area contributed by atoms with E-state index in [2.05, 4.69) is 4.98 Å². The lowest BCUT2D eigenvalue weighted by Gasteiger charge is -2.03. The van der Waals surface area contributed by atoms with E-state index >= 15 is 0 Å². The monoisotopic (exact) mass is 250 g/mol. The van der Waals surface area contributed by atoms with E-state index in [9.17, 15) is 4.79 Å². The van der Waals surface area contributed by atoms with E-state index < -0.39 is 5.97 Å². The SMILES string of the molecule is Nc1nc(-c2ccc(OCC(=O)O)cc2)cs1. The number of aliphatic carboxylic acids is 1. The maximum atomic E-state index is 10.3. The van der Waals surface area contributed by atoms with Crippen LogP contribution in [-0.4, -0.2) is 22.7 Å². The molecule has 17 heavy (non-hydrogen) atoms. The summed E-state index contributed by atoms with van der Waals surface area (Å²) in [6.07, 6.45) is 0. The minimum Gasteiger partial charge on any atom is -0.482 e. The average molecular weight is 250 g/mol. The maximum absolute atomic E-state index is 10.3. The van der Waals surface area contributed by atoms with Crippen molar-refractivity contribution in [1.82, 2.24) is 4.98 Å². The van der Waals surface area contributed by atoms with Gasteiger partial charge in [-0.15, -0.1) is 11.3 Å². The molecular formula is C11H10N2O3S. The van der Waals surface area contributed by atoms with Crippen molar-refractivity contribution < 1.29 is 14.6 Å². The fraction of sp³-hybridized carbons (Fsp3) is 0.0909. The molecule has 0 atom stereocenters. The van der Waals surface area contributed by atoms with Gasteiger partial charge in [-0.3, -0.25) is 0 Å². The molecule has 0 aliphatic rings. The molecule has 1 aromatic carbocycles. The predicted molar refractivity (Wildman–Crippen MR) is 65.1 cm³/mol. The Hall–Kier alpha value is -2.08. The molecule has 5 nitrogen and oxygen atoms in total. The Morgan fingerprint density at radius 2 is 2.12 bits per heavy atom. The van der Waals surface area contributed by atoms with Gasteiger partial charge in [-0.1, -0.05) is 0 Å². The largest absolute Gasteiger partial charge is 0.482 e. The van der Waals surface area contributed by atoms with Crippen LogP contribution in [0.4, 0.5) is 5.13 Å². The minimum atomic E-state index is -0.999. The van der Waals surface area contributed by atoms with E-state index in [0.29, 0.717) is 10.9 Å². The molecule has 1 heterocycles. The molecule has 3 N–H and O–H groups in total. The Morgan fingerprint density at radius 1 is 1.41 bits per heavy atom. The minimum absolute atomic E-state index is 0.344. The van der Waals surface area contributed by atoms with Crippen molar-refractivity contribution in [3.63, 3.8) is 0 Å². The smallest absolute Gasteiger partial charge is 0.341 e. The quantitative estimate of drug-likeness (QED) is 0.865. The summed E-state index contributed by atoms with van der Waals surface area (Å²) >= 11 is 1.38. The standard InChI is InChI=1S/C11H10N2O3S/c12-11-13-9(6-17-11)7-1-3-8(4-2-7)16-5-10(14)15/h1-4,6H,5H2,(H2,12,13)(H,14,15). The molecule has 0 spiro atoms. The van der Waals surface area contributed by atoms with E-state index in [-0.39, 0.29) is 6.61 Å². The number of nitrogens with zero attached hydrogens (tertiary/aromatic N) is 1. The number of rotatable bonds is 4. The Morgan fingerprint density at radius 3 is 2.65 bits per heavy atom. The topological polar surface area (TPSA) is 85.4 Å². The molecular weight excluding hydrogens is 240 g/mol. The number of benzene rings is 1. The van der Waals surface area contributed by atoms with Crippen LogP contribution >= 0.6 is 11.3 Å². The summed E-state index contributed by atoms with van der Waals surface area (Å²) in [5.41, 5.74) is 7.26. The van der Waals surface area contributed by atoms with Gasteiger partial charge in [-0.25, -0.2) is 9.78 Å². The van der Waals surface area contributed by atoms with E-state index in [1.54, 1.807) is 12.1 Å². The highest BCUT2D eigenvalue weighted by Gasteiger charge is 2.03. The van der Waals surface area contributed by atoms with Gasteiger partial charge in [0.05, 0.1) is 5.69 Å². The zero-order valence-electron chi connectivity index (χ0n) is 8.79. The van der Waals surface area contributed by atoms with Crippen molar-refractivity contribution >= 4 is 22.4 Å². The van der Waals surface area contributed by atoms with Gasteiger partial charge >= 0.3 is 5.97 Å². The fourth-order valence-electron chi connectivity index (χ4n) is 1.29. The third-order valence-electron chi connectivity index (χ3n) is 2.03. The van der Waals surface area contributed by atoms with Crippen molar-refractivity contribution in [3.05, 3.63) is 29.6 Å². The summed E-state index contributed by atoms with van der Waals surface area (Å²) < 4.78 is 5.02. The van der Waals surface area contributed by atoms with E-state index in [4.69, 9.17) is 15.6 Å². The van der Waals surface area contributed by atoms with Crippen LogP contribution in [0, 0.1) is 0 Å². The van der Waals surface area contributed by atoms with Crippen LogP contribution in [0.3, 0.4) is 0 Å². The van der Waals surface area contributed by atoms with Crippen molar-refractivity contribution in [2.45, 2.75) is 0 Å². The number of carbonyl (C=O) groups is 1. The van der Waals surface area contributed by atoms with E-state index in [0.717, 1.165) is 11.3 Å². The first-order chi connectivity index (χ1) is 8.15. The lowest BCUT2D eigenvalue weighted by Crippen LogP contribution is -2.09. The molecule has 0 fully saturated rings. The van der Waals surface area contributed by atoms with Gasteiger partial charge in [0.25, 0.3) is 0 Å². The summed E-state index contributed by atoms with van der Waals surface area (Å²) in [6, 6.07) is 7.03. The second kappa shape index (κ2) is 4.84. The molecule has 88 valence electrons. The van der Waals surface area contributed by atoms with Gasteiger partial charge in [0, 0.05) is 10.9 Å². The molecule has 0 bridgehead atoms. The summed E-state index contributed by atoms with van der Waals surface area (Å²) in [4.78, 5) is 14.5. The molecule has 0 saturated heterocycles. The van der Waals surface area contributed by atoms with Gasteiger partial charge in [0.1, 0.15) is 5.75 Å². The maximum Gasteiger partial charge on any atom is 0.341 e. The molecule has 0 aliphatic carbocycles. The van der Waals surface area contributed by atoms with Crippen LogP contribution in [0.2, 0.25) is 0 Å². The van der Waals surface area contributed by atoms with Gasteiger partial charge < -0.3 is 15.6 Å². The highest BCUT2D eigenvalue weighted by Crippen LogP contribution is 2.24. The molecule has 0 aliphatic heterocycles. The zero-order chi connectivity index (χ0) is 12.3. The number of aromatic nitrogens is 1. The second-order valence-electron chi connectivity index (χ2n) is 3.28. The number of nitrogens with two attached hydrogens (primary N) is 1. The lowest BCUT2D eigenvalue weighted by molar-refractivity contribution is -0.139. The van der Waals surface area contributed by atoms with E-state index in [1.165, 1.54) is 11.3 Å². The van der Waals surface area contributed by atoms with Crippen molar-refractivity contribution in [1.29, 1.82) is 0 Å². The summed E-state index contributed by atoms with van der Waals surface area (Å²) in [5, 5.41) is 10.8. The number of hydrogen-bond donors (Lipinski definition) is 2. The number of hydrogen-bond acceptors (Lipinski definition) is 5. The van der Waals surface area contributed by atoms with Gasteiger partial charge in [-0.05, 0) is 24.3 Å². The normalized spacial score (nSPS) is 10.1. The van der Waals surface area contributed by atoms with Crippen molar-refractivity contribution in [3.8, 4) is 17.0 Å². The third-order valence-corrected chi connectivity index (χ3v) is 2.71. The van der Waals surface area contributed by atoms with Crippen molar-refractivity contribution in [2.24, 2.45) is 0 Å². The lowest BCUT2D eigenvalue weighted by atomic mass is 10.2. The number of carboxylic acid groups (broad SMARTS) is 1. The highest BCUT2D eigenvalue weighted by atomic mass is 32.1. The van der Waals surface area contributed by atoms with Crippen LogP contribution in [0.5, 0.6) is 5.75 Å². The first-order valence-corrected chi connectivity index (χ1v) is 5.69. The second-order valence-corrected chi connectivity index (χ2v) is 4.17. The number of anilines is 1. The Bertz CT molecular complexity index is 522. The molecule has 0 radical (unpaired) electrons. The number of nitrogen functional groups attached to an aromatic ring is 1. The molecule has 2 aromatic rings. The summed E-state index contributed by atoms with van der Waals surface area (Å²) in [7, 11) is 0. The first kappa shape index (κ1) is 11.4. The molecule has 6 heteroatoms. The summed E-state index contributed by atoms with van der Waals surface area (Å²) in [5.74, 6) is -0.485. The number of ether oxygens (including phenoxy) is 1.